The zero-order valence-electron chi connectivity index (χ0n) is 30.6. The first kappa shape index (κ1) is 39.2. The van der Waals surface area contributed by atoms with Gasteiger partial charge in [-0.2, -0.15) is 0 Å². The summed E-state index contributed by atoms with van der Waals surface area (Å²) in [5.41, 5.74) is 5.29. The summed E-state index contributed by atoms with van der Waals surface area (Å²) in [4.78, 5) is 47.1. The Kier molecular flexibility index (Phi) is 15.0. The van der Waals surface area contributed by atoms with Crippen molar-refractivity contribution in [3.05, 3.63) is 52.9 Å². The van der Waals surface area contributed by atoms with Crippen molar-refractivity contribution in [3.63, 3.8) is 0 Å². The van der Waals surface area contributed by atoms with Crippen molar-refractivity contribution in [2.45, 2.75) is 143 Å². The zero-order chi connectivity index (χ0) is 36.1. The maximum atomic E-state index is 13.9. The van der Waals surface area contributed by atoms with Crippen LogP contribution in [0, 0.1) is 12.3 Å². The summed E-state index contributed by atoms with van der Waals surface area (Å²) < 4.78 is 1.95. The molecule has 50 heavy (non-hydrogen) atoms. The summed E-state index contributed by atoms with van der Waals surface area (Å²) in [7, 11) is 0. The summed E-state index contributed by atoms with van der Waals surface area (Å²) in [6.07, 6.45) is 12.3. The van der Waals surface area contributed by atoms with Gasteiger partial charge in [0, 0.05) is 38.7 Å². The lowest BCUT2D eigenvalue weighted by Crippen LogP contribution is -2.57. The van der Waals surface area contributed by atoms with Gasteiger partial charge >= 0.3 is 0 Å². The van der Waals surface area contributed by atoms with Crippen molar-refractivity contribution >= 4 is 29.1 Å². The normalized spacial score (nSPS) is 16.8. The van der Waals surface area contributed by atoms with Gasteiger partial charge < -0.3 is 20.6 Å². The average molecular weight is 708 g/mol. The van der Waals surface area contributed by atoms with E-state index in [1.807, 2.05) is 62.2 Å². The summed E-state index contributed by atoms with van der Waals surface area (Å²) in [5.74, 6) is -0.823. The minimum absolute atomic E-state index is 0.0552. The van der Waals surface area contributed by atoms with Crippen LogP contribution in [0.2, 0.25) is 0 Å². The van der Waals surface area contributed by atoms with Gasteiger partial charge in [-0.15, -0.1) is 16.4 Å². The molecule has 0 bridgehead atoms. The second-order valence-electron chi connectivity index (χ2n) is 14.7. The maximum Gasteiger partial charge on any atom is 0.246 e. The number of rotatable bonds is 19. The Morgan fingerprint density at radius 3 is 2.42 bits per heavy atom. The van der Waals surface area contributed by atoms with Crippen LogP contribution in [0.3, 0.4) is 0 Å². The number of aliphatic hydroxyl groups is 1. The summed E-state index contributed by atoms with van der Waals surface area (Å²) in [6, 6.07) is 6.34. The first-order chi connectivity index (χ1) is 24.0. The monoisotopic (exact) mass is 707 g/mol. The largest absolute Gasteiger partial charge is 0.391 e. The molecule has 0 spiro atoms. The van der Waals surface area contributed by atoms with Gasteiger partial charge in [-0.1, -0.05) is 95.7 Å². The minimum Gasteiger partial charge on any atom is -0.391 e. The van der Waals surface area contributed by atoms with E-state index >= 15 is 0 Å². The molecule has 3 aromatic rings. The number of carbonyl (C=O) groups excluding carboxylic acids is 3. The molecule has 3 atom stereocenters. The lowest BCUT2D eigenvalue weighted by molar-refractivity contribution is -0.144. The first-order valence-electron chi connectivity index (χ1n) is 18.4. The molecule has 0 unspecified atom stereocenters. The number of β-amino-alcohol motifs (C(OH)–C–C–N with tert-alkyl or cyclic N) is 1. The fourth-order valence-electron chi connectivity index (χ4n) is 6.40. The number of unbranched alkanes of at least 4 members (excludes halogenated alkanes) is 7. The smallest absolute Gasteiger partial charge is 0.246 e. The van der Waals surface area contributed by atoms with E-state index in [9.17, 15) is 19.5 Å². The fourth-order valence-corrected chi connectivity index (χ4v) is 7.21. The Morgan fingerprint density at radius 2 is 1.74 bits per heavy atom. The number of aryl methyl sites for hydroxylation is 3. The number of nitrogens with one attached hydrogen (secondary N) is 2. The second kappa shape index (κ2) is 19.1. The van der Waals surface area contributed by atoms with Gasteiger partial charge in [0.15, 0.2) is 0 Å². The highest BCUT2D eigenvalue weighted by Gasteiger charge is 2.44. The number of nitrogens with zero attached hydrogens (tertiary/aromatic N) is 5. The topological polar surface area (TPSA) is 142 Å². The van der Waals surface area contributed by atoms with Gasteiger partial charge in [0.2, 0.25) is 17.7 Å². The fraction of sp³-hybridized carbons (Fsp3) is 0.632. The maximum absolute atomic E-state index is 13.9. The van der Waals surface area contributed by atoms with Gasteiger partial charge in [-0.05, 0) is 49.1 Å². The Balaban J connectivity index is 1.18. The molecule has 1 aromatic carbocycles. The number of thiazole rings is 1. The Labute approximate surface area is 301 Å². The van der Waals surface area contributed by atoms with Gasteiger partial charge in [-0.25, -0.2) is 4.98 Å². The van der Waals surface area contributed by atoms with Crippen LogP contribution in [0.4, 0.5) is 0 Å². The quantitative estimate of drug-likeness (QED) is 0.130. The molecule has 11 nitrogen and oxygen atoms in total. The number of hydrogen-bond acceptors (Lipinski definition) is 8. The number of aliphatic hydroxyl groups excluding tert-OH is 1. The summed E-state index contributed by atoms with van der Waals surface area (Å²) >= 11 is 1.59. The molecule has 1 saturated heterocycles. The number of likely N-dealkylation sites (tertiary alicyclic amines) is 1. The lowest BCUT2D eigenvalue weighted by atomic mass is 9.85. The third-order valence-electron chi connectivity index (χ3n) is 9.38. The van der Waals surface area contributed by atoms with E-state index in [-0.39, 0.29) is 30.7 Å². The van der Waals surface area contributed by atoms with E-state index in [1.54, 1.807) is 11.3 Å². The van der Waals surface area contributed by atoms with Crippen LogP contribution in [-0.4, -0.2) is 72.4 Å². The van der Waals surface area contributed by atoms with Crippen molar-refractivity contribution in [1.29, 1.82) is 0 Å². The molecule has 1 aliphatic heterocycles. The highest BCUT2D eigenvalue weighted by Crippen LogP contribution is 2.28. The van der Waals surface area contributed by atoms with E-state index in [4.69, 9.17) is 0 Å². The first-order valence-corrected chi connectivity index (χ1v) is 19.3. The van der Waals surface area contributed by atoms with Crippen molar-refractivity contribution in [3.8, 4) is 10.4 Å². The molecule has 1 aliphatic rings. The summed E-state index contributed by atoms with van der Waals surface area (Å²) in [6.45, 7) is 11.2. The molecular weight excluding hydrogens is 651 g/mol. The predicted molar refractivity (Wildman–Crippen MR) is 197 cm³/mol. The van der Waals surface area contributed by atoms with E-state index < -0.39 is 23.6 Å². The van der Waals surface area contributed by atoms with Crippen LogP contribution in [0.25, 0.3) is 10.4 Å². The van der Waals surface area contributed by atoms with Crippen LogP contribution < -0.4 is 10.6 Å². The van der Waals surface area contributed by atoms with Crippen LogP contribution >= 0.6 is 11.3 Å². The molecule has 3 heterocycles. The molecule has 0 radical (unpaired) electrons. The molecule has 3 N–H and O–H groups in total. The Bertz CT molecular complexity index is 1510. The van der Waals surface area contributed by atoms with E-state index in [2.05, 4.69) is 39.1 Å². The highest BCUT2D eigenvalue weighted by molar-refractivity contribution is 7.13. The average Bonchev–Trinajstić information content (AvgIpc) is 3.83. The molecular formula is C38H57N7O4S. The van der Waals surface area contributed by atoms with E-state index in [0.717, 1.165) is 85.3 Å². The van der Waals surface area contributed by atoms with Gasteiger partial charge in [-0.3, -0.25) is 19.1 Å². The van der Waals surface area contributed by atoms with Crippen molar-refractivity contribution in [1.82, 2.24) is 35.5 Å². The van der Waals surface area contributed by atoms with Crippen molar-refractivity contribution in [2.24, 2.45) is 5.41 Å². The second-order valence-corrected chi connectivity index (χ2v) is 15.6. The molecule has 0 saturated carbocycles. The van der Waals surface area contributed by atoms with Crippen LogP contribution in [-0.2, 0) is 33.9 Å². The standard InChI is InChI=1S/C38H57N7O4S/c1-6-7-14-21-44-24-30(42-43-44)15-12-10-8-9-11-13-16-33(47)41-35(38(3,4)5)37(49)45-25-31(46)22-32(45)36(48)39-23-28-17-19-29(20-18-28)34-27(2)40-26-50-34/h17-20,24,26,31-32,35,46H,6-16,21-23,25H2,1-5H3,(H,39,48)(H,41,47)/t31-,32+,35-/m1/s1. The van der Waals surface area contributed by atoms with Crippen molar-refractivity contribution in [2.75, 3.05) is 6.54 Å². The van der Waals surface area contributed by atoms with E-state index in [1.165, 1.54) is 17.7 Å². The summed E-state index contributed by atoms with van der Waals surface area (Å²) in [5, 5.41) is 25.0. The van der Waals surface area contributed by atoms with Crippen LogP contribution in [0.15, 0.2) is 36.0 Å². The molecule has 1 fully saturated rings. The molecule has 0 aliphatic carbocycles. The molecule has 274 valence electrons. The third-order valence-corrected chi connectivity index (χ3v) is 10.4. The number of aromatic nitrogens is 4. The van der Waals surface area contributed by atoms with Gasteiger partial charge in [0.1, 0.15) is 12.1 Å². The van der Waals surface area contributed by atoms with Gasteiger partial charge in [0.25, 0.3) is 0 Å². The van der Waals surface area contributed by atoms with Gasteiger partial charge in [0.05, 0.1) is 27.9 Å². The van der Waals surface area contributed by atoms with Crippen LogP contribution in [0.1, 0.15) is 115 Å². The SMILES string of the molecule is CCCCCn1cc(CCCCCCCCC(=O)N[C@H](C(=O)N2C[C@H](O)C[C@H]2C(=O)NCc2ccc(-c3scnc3C)cc2)C(C)(C)C)nn1. The highest BCUT2D eigenvalue weighted by atomic mass is 32.1. The molecule has 3 amide bonds. The molecule has 4 rings (SSSR count). The van der Waals surface area contributed by atoms with E-state index in [0.29, 0.717) is 13.0 Å². The Morgan fingerprint density at radius 1 is 1.02 bits per heavy atom. The van der Waals surface area contributed by atoms with Crippen molar-refractivity contribution < 1.29 is 19.5 Å². The number of amides is 3. The molecule has 12 heteroatoms. The number of benzene rings is 1. The third kappa shape index (κ3) is 11.7. The zero-order valence-corrected chi connectivity index (χ0v) is 31.4. The lowest BCUT2D eigenvalue weighted by Gasteiger charge is -2.35. The Hall–Kier alpha value is -3.64. The number of hydrogen-bond donors (Lipinski definition) is 3. The molecule has 2 aromatic heterocycles. The van der Waals surface area contributed by atoms with Crippen LogP contribution in [0.5, 0.6) is 0 Å². The number of carbonyl (C=O) groups is 3. The minimum atomic E-state index is -0.817. The predicted octanol–water partition coefficient (Wildman–Crippen LogP) is 5.98.